The molecule has 0 spiro atoms. The molecule has 0 bridgehead atoms. The summed E-state index contributed by atoms with van der Waals surface area (Å²) >= 11 is 7.13. The first-order valence-electron chi connectivity index (χ1n) is 29.0. The Bertz CT molecular complexity index is 3670. The lowest BCUT2D eigenvalue weighted by molar-refractivity contribution is 0.412. The SMILES string of the molecule is COc1cc(Br)ccc1N(c1ccc(Br)cc1OC)c1c(F)cc(-c2cc(-c3cc(-c4ccc(C(C)(C)C)cc4)cc(-c4ccc(C(C)(C)C)cc4)c3)cc(-c3cc(-c4ccc(C(C)(C)C)cc4)cc(-c4ccc(C(C)(C)C)cc4)c3)c2)cc1F. The van der Waals surface area contributed by atoms with E-state index in [1.807, 2.05) is 12.1 Å². The lowest BCUT2D eigenvalue weighted by Crippen LogP contribution is -2.16. The van der Waals surface area contributed by atoms with Crippen molar-refractivity contribution in [2.45, 2.75) is 105 Å². The van der Waals surface area contributed by atoms with E-state index in [-0.39, 0.29) is 27.3 Å². The molecule has 0 aromatic heterocycles. The molecule has 3 nitrogen and oxygen atoms in total. The Balaban J connectivity index is 1.24. The van der Waals surface area contributed by atoms with Crippen LogP contribution in [0.2, 0.25) is 0 Å². The maximum atomic E-state index is 17.9. The number of halogens is 4. The summed E-state index contributed by atoms with van der Waals surface area (Å²) < 4.78 is 49.0. The third-order valence-electron chi connectivity index (χ3n) is 16.1. The van der Waals surface area contributed by atoms with Gasteiger partial charge in [0.1, 0.15) is 17.2 Å². The molecule has 432 valence electrons. The molecule has 0 aliphatic heterocycles. The Hall–Kier alpha value is -7.58. The van der Waals surface area contributed by atoms with Crippen molar-refractivity contribution in [2.75, 3.05) is 19.1 Å². The zero-order valence-electron chi connectivity index (χ0n) is 51.3. The van der Waals surface area contributed by atoms with Crippen molar-refractivity contribution >= 4 is 48.9 Å². The first-order valence-corrected chi connectivity index (χ1v) is 30.6. The highest BCUT2D eigenvalue weighted by atomic mass is 79.9. The number of hydrogen-bond acceptors (Lipinski definition) is 3. The Labute approximate surface area is 520 Å². The summed E-state index contributed by atoms with van der Waals surface area (Å²) in [5.41, 5.74) is 18.7. The van der Waals surface area contributed by atoms with Gasteiger partial charge in [0.2, 0.25) is 0 Å². The van der Waals surface area contributed by atoms with Crippen LogP contribution in [0.1, 0.15) is 105 Å². The molecule has 0 fully saturated rings. The number of rotatable bonds is 12. The first-order chi connectivity index (χ1) is 40.1. The summed E-state index contributed by atoms with van der Waals surface area (Å²) in [6.45, 7) is 26.8. The normalized spacial score (nSPS) is 12.1. The minimum Gasteiger partial charge on any atom is -0.495 e. The van der Waals surface area contributed by atoms with E-state index in [1.54, 1.807) is 24.3 Å². The minimum absolute atomic E-state index is 0.0206. The van der Waals surface area contributed by atoms with Crippen LogP contribution < -0.4 is 14.4 Å². The fourth-order valence-electron chi connectivity index (χ4n) is 11.0. The van der Waals surface area contributed by atoms with Crippen molar-refractivity contribution in [3.8, 4) is 89.4 Å². The van der Waals surface area contributed by atoms with E-state index >= 15 is 8.78 Å². The fraction of sp³-hybridized carbons (Fsp3) is 0.231. The van der Waals surface area contributed by atoms with Crippen molar-refractivity contribution in [3.05, 3.63) is 243 Å². The van der Waals surface area contributed by atoms with E-state index in [9.17, 15) is 0 Å². The van der Waals surface area contributed by atoms with Crippen LogP contribution in [0.3, 0.4) is 0 Å². The van der Waals surface area contributed by atoms with Crippen molar-refractivity contribution in [3.63, 3.8) is 0 Å². The molecule has 0 aliphatic carbocycles. The highest BCUT2D eigenvalue weighted by molar-refractivity contribution is 9.10. The van der Waals surface area contributed by atoms with Crippen LogP contribution in [-0.4, -0.2) is 14.2 Å². The van der Waals surface area contributed by atoms with Crippen molar-refractivity contribution < 1.29 is 18.3 Å². The molecule has 7 heteroatoms. The Morgan fingerprint density at radius 3 is 0.706 bits per heavy atom. The second kappa shape index (κ2) is 23.7. The van der Waals surface area contributed by atoms with Gasteiger partial charge < -0.3 is 9.47 Å². The van der Waals surface area contributed by atoms with Gasteiger partial charge in [-0.05, 0) is 225 Å². The minimum atomic E-state index is -0.778. The van der Waals surface area contributed by atoms with Crippen LogP contribution >= 0.6 is 31.9 Å². The molecule has 0 atom stereocenters. The molecule has 0 saturated carbocycles. The number of nitrogens with zero attached hydrogens (tertiary/aromatic N) is 1. The molecule has 0 N–H and O–H groups in total. The Morgan fingerprint density at radius 1 is 0.282 bits per heavy atom. The standard InChI is InChI=1S/C78H75Br2F2NO2/c1-75(2,3)62-23-15-48(16-24-62)52-35-53(49-17-25-63(26-18-49)76(4,5)6)38-56(37-52)58-41-59(57-39-54(50-19-27-64(28-20-50)77(7,8)9)36-55(40-57)51-21-29-65(30-22-51)78(10,11)12)43-60(42-58)61-44-68(81)74(69(82)45-61)83(70-33-31-66(79)46-72(70)84-13)71-34-32-67(80)47-73(71)85-14/h15-47H,1-14H3. The number of methoxy groups -OCH3 is 2. The lowest BCUT2D eigenvalue weighted by Gasteiger charge is -2.29. The van der Waals surface area contributed by atoms with Gasteiger partial charge >= 0.3 is 0 Å². The third kappa shape index (κ3) is 13.3. The van der Waals surface area contributed by atoms with Gasteiger partial charge in [0, 0.05) is 8.95 Å². The van der Waals surface area contributed by atoms with Crippen LogP contribution in [0.15, 0.2) is 209 Å². The fourth-order valence-corrected chi connectivity index (χ4v) is 11.7. The number of ether oxygens (including phenoxy) is 2. The van der Waals surface area contributed by atoms with Crippen molar-refractivity contribution in [1.82, 2.24) is 0 Å². The second-order valence-electron chi connectivity index (χ2n) is 26.5. The highest BCUT2D eigenvalue weighted by Crippen LogP contribution is 2.49. The molecule has 0 amide bonds. The highest BCUT2D eigenvalue weighted by Gasteiger charge is 2.28. The Kier molecular flexibility index (Phi) is 16.9. The maximum Gasteiger partial charge on any atom is 0.150 e. The molecule has 85 heavy (non-hydrogen) atoms. The van der Waals surface area contributed by atoms with Gasteiger partial charge in [-0.1, -0.05) is 212 Å². The molecular weight excluding hydrogens is 1180 g/mol. The van der Waals surface area contributed by atoms with Crippen molar-refractivity contribution in [2.24, 2.45) is 0 Å². The molecule has 10 rings (SSSR count). The van der Waals surface area contributed by atoms with E-state index in [1.165, 1.54) is 53.5 Å². The molecule has 0 saturated heterocycles. The molecule has 10 aromatic carbocycles. The summed E-state index contributed by atoms with van der Waals surface area (Å²) in [6, 6.07) is 69.0. The van der Waals surface area contributed by atoms with Gasteiger partial charge in [-0.25, -0.2) is 8.78 Å². The van der Waals surface area contributed by atoms with Gasteiger partial charge in [-0.3, -0.25) is 4.90 Å². The van der Waals surface area contributed by atoms with Crippen LogP contribution in [0.4, 0.5) is 25.8 Å². The van der Waals surface area contributed by atoms with E-state index in [2.05, 4.69) is 267 Å². The zero-order valence-corrected chi connectivity index (χ0v) is 54.5. The molecule has 10 aromatic rings. The van der Waals surface area contributed by atoms with Crippen LogP contribution in [0.5, 0.6) is 11.5 Å². The average Bonchev–Trinajstić information content (AvgIpc) is 1.66. The summed E-state index contributed by atoms with van der Waals surface area (Å²) in [4.78, 5) is 1.52. The molecular formula is C78H75Br2F2NO2. The van der Waals surface area contributed by atoms with E-state index < -0.39 is 11.6 Å². The largest absolute Gasteiger partial charge is 0.495 e. The smallest absolute Gasteiger partial charge is 0.150 e. The van der Waals surface area contributed by atoms with Crippen LogP contribution in [0, 0.1) is 11.6 Å². The summed E-state index contributed by atoms with van der Waals surface area (Å²) in [7, 11) is 3.08. The van der Waals surface area contributed by atoms with Gasteiger partial charge in [-0.2, -0.15) is 0 Å². The molecule has 0 radical (unpaired) electrons. The van der Waals surface area contributed by atoms with Crippen molar-refractivity contribution in [1.29, 1.82) is 0 Å². The van der Waals surface area contributed by atoms with Gasteiger partial charge in [0.05, 0.1) is 25.6 Å². The zero-order chi connectivity index (χ0) is 60.9. The number of hydrogen-bond donors (Lipinski definition) is 0. The van der Waals surface area contributed by atoms with E-state index in [0.717, 1.165) is 75.7 Å². The van der Waals surface area contributed by atoms with Gasteiger partial charge in [0.25, 0.3) is 0 Å². The first kappa shape index (κ1) is 60.5. The maximum absolute atomic E-state index is 17.9. The predicted molar refractivity (Wildman–Crippen MR) is 362 cm³/mol. The molecule has 0 heterocycles. The second-order valence-corrected chi connectivity index (χ2v) is 28.3. The van der Waals surface area contributed by atoms with Crippen LogP contribution in [-0.2, 0) is 21.7 Å². The number of anilines is 3. The van der Waals surface area contributed by atoms with Gasteiger partial charge in [-0.15, -0.1) is 0 Å². The predicted octanol–water partition coefficient (Wildman–Crippen LogP) is 23.8. The lowest BCUT2D eigenvalue weighted by atomic mass is 9.84. The summed E-state index contributed by atoms with van der Waals surface area (Å²) in [5.74, 6) is -0.762. The molecule has 0 unspecified atom stereocenters. The average molecular weight is 1260 g/mol. The monoisotopic (exact) mass is 1250 g/mol. The van der Waals surface area contributed by atoms with Gasteiger partial charge in [0.15, 0.2) is 11.6 Å². The van der Waals surface area contributed by atoms with E-state index in [0.29, 0.717) is 34.0 Å². The number of benzene rings is 10. The van der Waals surface area contributed by atoms with Crippen LogP contribution in [0.25, 0.3) is 77.9 Å². The topological polar surface area (TPSA) is 21.7 Å². The third-order valence-corrected chi connectivity index (χ3v) is 17.1. The quantitative estimate of drug-likeness (QED) is 0.122. The Morgan fingerprint density at radius 2 is 0.494 bits per heavy atom. The molecule has 0 aliphatic rings. The van der Waals surface area contributed by atoms with E-state index in [4.69, 9.17) is 9.47 Å². The summed E-state index contributed by atoms with van der Waals surface area (Å²) in [5, 5.41) is 0. The summed E-state index contributed by atoms with van der Waals surface area (Å²) in [6.07, 6.45) is 0.